The van der Waals surface area contributed by atoms with Crippen LogP contribution in [0.2, 0.25) is 0 Å². The van der Waals surface area contributed by atoms with Crippen LogP contribution in [0.5, 0.6) is 0 Å². The highest BCUT2D eigenvalue weighted by Gasteiger charge is 2.20. The summed E-state index contributed by atoms with van der Waals surface area (Å²) in [7, 11) is 0. The summed E-state index contributed by atoms with van der Waals surface area (Å²) in [4.78, 5) is 12.0. The van der Waals surface area contributed by atoms with E-state index < -0.39 is 0 Å². The summed E-state index contributed by atoms with van der Waals surface area (Å²) in [5, 5.41) is 4.23. The lowest BCUT2D eigenvalue weighted by Gasteiger charge is -2.19. The van der Waals surface area contributed by atoms with Gasteiger partial charge in [-0.1, -0.05) is 49.1 Å². The molecule has 0 atom stereocenters. The number of carbonyl (C=O) groups excluding carboxylic acids is 1. The number of hydrogen-bond acceptors (Lipinski definition) is 2. The summed E-state index contributed by atoms with van der Waals surface area (Å²) in [6.45, 7) is 3.98. The zero-order valence-corrected chi connectivity index (χ0v) is 11.8. The third-order valence-electron chi connectivity index (χ3n) is 3.75. The van der Waals surface area contributed by atoms with Gasteiger partial charge in [-0.2, -0.15) is 5.10 Å². The molecule has 0 aromatic heterocycles. The van der Waals surface area contributed by atoms with Gasteiger partial charge in [0.1, 0.15) is 0 Å². The number of rotatable bonds is 3. The molecule has 1 amide bonds. The second kappa shape index (κ2) is 6.50. The molecule has 1 N–H and O–H groups in total. The van der Waals surface area contributed by atoms with Gasteiger partial charge in [0.2, 0.25) is 5.91 Å². The topological polar surface area (TPSA) is 41.5 Å². The van der Waals surface area contributed by atoms with Gasteiger partial charge in [-0.05, 0) is 32.3 Å². The molecule has 1 aromatic rings. The molecule has 0 saturated heterocycles. The van der Waals surface area contributed by atoms with E-state index in [1.807, 2.05) is 19.1 Å². The van der Waals surface area contributed by atoms with E-state index in [0.717, 1.165) is 24.1 Å². The number of amides is 1. The molecule has 3 heteroatoms. The number of aryl methyl sites for hydroxylation is 1. The van der Waals surface area contributed by atoms with Gasteiger partial charge in [0.05, 0.1) is 5.71 Å². The quantitative estimate of drug-likeness (QED) is 0.655. The molecule has 0 spiro atoms. The summed E-state index contributed by atoms with van der Waals surface area (Å²) in [5.74, 6) is 0.231. The van der Waals surface area contributed by atoms with Gasteiger partial charge in [0.15, 0.2) is 0 Å². The third kappa shape index (κ3) is 3.91. The maximum atomic E-state index is 12.0. The Bertz CT molecular complexity index is 473. The van der Waals surface area contributed by atoms with Gasteiger partial charge >= 0.3 is 0 Å². The number of carbonyl (C=O) groups is 1. The van der Waals surface area contributed by atoms with Crippen LogP contribution in [-0.4, -0.2) is 11.6 Å². The summed E-state index contributed by atoms with van der Waals surface area (Å²) in [6.07, 6.45) is 5.60. The van der Waals surface area contributed by atoms with E-state index >= 15 is 0 Å². The highest BCUT2D eigenvalue weighted by atomic mass is 16.2. The van der Waals surface area contributed by atoms with Crippen LogP contribution in [0.1, 0.15) is 50.2 Å². The van der Waals surface area contributed by atoms with Gasteiger partial charge in [-0.25, -0.2) is 5.43 Å². The molecule has 1 aliphatic rings. The van der Waals surface area contributed by atoms with E-state index in [2.05, 4.69) is 29.6 Å². The Hall–Kier alpha value is -1.64. The largest absolute Gasteiger partial charge is 0.273 e. The molecule has 0 aliphatic heterocycles. The lowest BCUT2D eigenvalue weighted by atomic mass is 9.89. The van der Waals surface area contributed by atoms with Crippen molar-refractivity contribution in [3.8, 4) is 0 Å². The zero-order valence-electron chi connectivity index (χ0n) is 11.8. The summed E-state index contributed by atoms with van der Waals surface area (Å²) in [6, 6.07) is 8.15. The molecule has 19 heavy (non-hydrogen) atoms. The molecule has 0 unspecified atom stereocenters. The first-order valence-corrected chi connectivity index (χ1v) is 7.08. The van der Waals surface area contributed by atoms with E-state index in [9.17, 15) is 4.79 Å². The van der Waals surface area contributed by atoms with E-state index in [4.69, 9.17) is 0 Å². The fraction of sp³-hybridized carbons (Fsp3) is 0.500. The van der Waals surface area contributed by atoms with Gasteiger partial charge in [-0.3, -0.25) is 4.79 Å². The monoisotopic (exact) mass is 258 g/mol. The highest BCUT2D eigenvalue weighted by Crippen LogP contribution is 2.23. The molecular weight excluding hydrogens is 236 g/mol. The molecule has 1 aliphatic carbocycles. The maximum absolute atomic E-state index is 12.0. The normalized spacial score (nSPS) is 17.3. The standard InChI is InChI=1S/C16H22N2O/c1-12-7-6-10-15(11-12)13(2)17-18-16(19)14-8-4-3-5-9-14/h6-7,10-11,14H,3-5,8-9H2,1-2H3,(H,18,19)/b17-13+. The Labute approximate surface area is 115 Å². The number of nitrogens with zero attached hydrogens (tertiary/aromatic N) is 1. The Balaban J connectivity index is 1.95. The zero-order chi connectivity index (χ0) is 13.7. The Morgan fingerprint density at radius 2 is 2.00 bits per heavy atom. The molecule has 1 fully saturated rings. The van der Waals surface area contributed by atoms with Crippen molar-refractivity contribution in [2.24, 2.45) is 11.0 Å². The Morgan fingerprint density at radius 1 is 1.26 bits per heavy atom. The molecule has 102 valence electrons. The number of nitrogens with one attached hydrogen (secondary N) is 1. The minimum absolute atomic E-state index is 0.0757. The van der Waals surface area contributed by atoms with E-state index in [0.29, 0.717) is 0 Å². The predicted molar refractivity (Wildman–Crippen MR) is 78.1 cm³/mol. The summed E-state index contributed by atoms with van der Waals surface area (Å²) >= 11 is 0. The van der Waals surface area contributed by atoms with Crippen LogP contribution < -0.4 is 5.43 Å². The van der Waals surface area contributed by atoms with Crippen LogP contribution in [0, 0.1) is 12.8 Å². The smallest absolute Gasteiger partial charge is 0.243 e. The van der Waals surface area contributed by atoms with Gasteiger partial charge in [0, 0.05) is 5.92 Å². The second-order valence-electron chi connectivity index (χ2n) is 5.38. The average molecular weight is 258 g/mol. The first-order chi connectivity index (χ1) is 9.16. The SMILES string of the molecule is C/C(=N\NC(=O)C1CCCCC1)c1cccc(C)c1. The predicted octanol–water partition coefficient (Wildman–Crippen LogP) is 3.42. The molecule has 3 nitrogen and oxygen atoms in total. The first-order valence-electron chi connectivity index (χ1n) is 7.08. The number of benzene rings is 1. The fourth-order valence-corrected chi connectivity index (χ4v) is 2.53. The van der Waals surface area contributed by atoms with Crippen molar-refractivity contribution < 1.29 is 4.79 Å². The number of hydrogen-bond donors (Lipinski definition) is 1. The summed E-state index contributed by atoms with van der Waals surface area (Å²) in [5.41, 5.74) is 5.83. The van der Waals surface area contributed by atoms with E-state index in [-0.39, 0.29) is 11.8 Å². The van der Waals surface area contributed by atoms with E-state index in [1.165, 1.54) is 24.8 Å². The van der Waals surface area contributed by atoms with Crippen molar-refractivity contribution in [1.82, 2.24) is 5.43 Å². The van der Waals surface area contributed by atoms with Crippen molar-refractivity contribution in [2.45, 2.75) is 46.0 Å². The maximum Gasteiger partial charge on any atom is 0.243 e. The van der Waals surface area contributed by atoms with Crippen LogP contribution in [0.4, 0.5) is 0 Å². The molecule has 1 aromatic carbocycles. The lowest BCUT2D eigenvalue weighted by molar-refractivity contribution is -0.125. The molecule has 1 saturated carbocycles. The minimum atomic E-state index is 0.0757. The van der Waals surface area contributed by atoms with E-state index in [1.54, 1.807) is 0 Å². The van der Waals surface area contributed by atoms with Crippen molar-refractivity contribution in [2.75, 3.05) is 0 Å². The van der Waals surface area contributed by atoms with Gasteiger partial charge in [-0.15, -0.1) is 0 Å². The average Bonchev–Trinajstić information content (AvgIpc) is 2.45. The van der Waals surface area contributed by atoms with Crippen LogP contribution in [0.3, 0.4) is 0 Å². The molecule has 0 bridgehead atoms. The minimum Gasteiger partial charge on any atom is -0.273 e. The fourth-order valence-electron chi connectivity index (χ4n) is 2.53. The molecule has 2 rings (SSSR count). The Kier molecular flexibility index (Phi) is 4.72. The molecule has 0 heterocycles. The van der Waals surface area contributed by atoms with Crippen LogP contribution >= 0.6 is 0 Å². The van der Waals surface area contributed by atoms with Crippen LogP contribution in [-0.2, 0) is 4.79 Å². The van der Waals surface area contributed by atoms with Crippen molar-refractivity contribution in [1.29, 1.82) is 0 Å². The second-order valence-corrected chi connectivity index (χ2v) is 5.38. The van der Waals surface area contributed by atoms with Crippen LogP contribution in [0.15, 0.2) is 29.4 Å². The lowest BCUT2D eigenvalue weighted by Crippen LogP contribution is -2.29. The summed E-state index contributed by atoms with van der Waals surface area (Å²) < 4.78 is 0. The van der Waals surface area contributed by atoms with Gasteiger partial charge in [0.25, 0.3) is 0 Å². The van der Waals surface area contributed by atoms with Gasteiger partial charge < -0.3 is 0 Å². The Morgan fingerprint density at radius 3 is 2.68 bits per heavy atom. The molecule has 0 radical (unpaired) electrons. The molecular formula is C16H22N2O. The third-order valence-corrected chi connectivity index (χ3v) is 3.75. The number of hydrazone groups is 1. The van der Waals surface area contributed by atoms with Crippen molar-refractivity contribution in [3.05, 3.63) is 35.4 Å². The first kappa shape index (κ1) is 13.8. The van der Waals surface area contributed by atoms with Crippen molar-refractivity contribution >= 4 is 11.6 Å². The van der Waals surface area contributed by atoms with Crippen LogP contribution in [0.25, 0.3) is 0 Å². The van der Waals surface area contributed by atoms with Crippen molar-refractivity contribution in [3.63, 3.8) is 0 Å². The highest BCUT2D eigenvalue weighted by molar-refractivity contribution is 5.99.